The molecule has 0 aliphatic heterocycles. The van der Waals surface area contributed by atoms with Crippen LogP contribution in [0.15, 0.2) is 24.3 Å². The van der Waals surface area contributed by atoms with Crippen LogP contribution in [0.4, 0.5) is 18.9 Å². The van der Waals surface area contributed by atoms with Crippen molar-refractivity contribution in [3.63, 3.8) is 0 Å². The molecule has 0 saturated carbocycles. The van der Waals surface area contributed by atoms with Crippen molar-refractivity contribution in [2.75, 3.05) is 19.0 Å². The fourth-order valence-electron chi connectivity index (χ4n) is 1.71. The summed E-state index contributed by atoms with van der Waals surface area (Å²) in [6, 6.07) is 7.24. The minimum atomic E-state index is -4.09. The van der Waals surface area contributed by atoms with Crippen LogP contribution in [0.1, 0.15) is 30.9 Å². The van der Waals surface area contributed by atoms with Gasteiger partial charge in [0.1, 0.15) is 0 Å². The highest BCUT2D eigenvalue weighted by molar-refractivity contribution is 5.46. The predicted octanol–water partition coefficient (Wildman–Crippen LogP) is 3.49. The number of hydrogen-bond donors (Lipinski definition) is 1. The molecule has 1 aromatic carbocycles. The third-order valence-corrected chi connectivity index (χ3v) is 2.81. The molecule has 1 aromatic rings. The van der Waals surface area contributed by atoms with Gasteiger partial charge in [-0.15, -0.1) is 0 Å². The lowest BCUT2D eigenvalue weighted by Gasteiger charge is -2.16. The van der Waals surface area contributed by atoms with E-state index in [1.807, 2.05) is 43.3 Å². The van der Waals surface area contributed by atoms with Gasteiger partial charge in [0.05, 0.1) is 0 Å². The molecular formula is C13H19F3N2. The highest BCUT2D eigenvalue weighted by Gasteiger charge is 2.26. The molecule has 2 N–H and O–H groups in total. The zero-order valence-corrected chi connectivity index (χ0v) is 10.7. The number of anilines is 1. The Balaban J connectivity index is 2.49. The lowest BCUT2D eigenvalue weighted by Crippen LogP contribution is -2.13. The molecule has 18 heavy (non-hydrogen) atoms. The standard InChI is InChI=1S/C13H19F3N2/c1-18(2)11-7-5-10(6-8-11)12(17)4-3-9-13(14,15)16/h5-8,12H,3-4,9,17H2,1-2H3. The Labute approximate surface area is 106 Å². The van der Waals surface area contributed by atoms with Gasteiger partial charge in [0.15, 0.2) is 0 Å². The van der Waals surface area contributed by atoms with E-state index in [9.17, 15) is 13.2 Å². The van der Waals surface area contributed by atoms with Gasteiger partial charge < -0.3 is 10.6 Å². The first-order valence-electron chi connectivity index (χ1n) is 5.89. The molecule has 0 aromatic heterocycles. The van der Waals surface area contributed by atoms with E-state index in [0.717, 1.165) is 11.3 Å². The summed E-state index contributed by atoms with van der Waals surface area (Å²) in [5.41, 5.74) is 7.79. The molecule has 0 spiro atoms. The van der Waals surface area contributed by atoms with Gasteiger partial charge in [0.25, 0.3) is 0 Å². The Morgan fingerprint density at radius 1 is 1.17 bits per heavy atom. The number of halogens is 3. The van der Waals surface area contributed by atoms with Gasteiger partial charge in [0.2, 0.25) is 0 Å². The van der Waals surface area contributed by atoms with Gasteiger partial charge in [-0.05, 0) is 30.5 Å². The van der Waals surface area contributed by atoms with Crippen molar-refractivity contribution in [2.24, 2.45) is 5.73 Å². The van der Waals surface area contributed by atoms with Crippen LogP contribution in [0, 0.1) is 0 Å². The van der Waals surface area contributed by atoms with Crippen LogP contribution < -0.4 is 10.6 Å². The fourth-order valence-corrected chi connectivity index (χ4v) is 1.71. The van der Waals surface area contributed by atoms with Crippen molar-refractivity contribution in [2.45, 2.75) is 31.5 Å². The Morgan fingerprint density at radius 2 is 1.72 bits per heavy atom. The van der Waals surface area contributed by atoms with E-state index in [1.54, 1.807) is 0 Å². The third kappa shape index (κ3) is 4.96. The first kappa shape index (κ1) is 14.8. The van der Waals surface area contributed by atoms with E-state index >= 15 is 0 Å². The topological polar surface area (TPSA) is 29.3 Å². The van der Waals surface area contributed by atoms with Crippen LogP contribution in [0.5, 0.6) is 0 Å². The molecule has 2 nitrogen and oxygen atoms in total. The van der Waals surface area contributed by atoms with Crippen LogP contribution in [0.3, 0.4) is 0 Å². The van der Waals surface area contributed by atoms with Crippen LogP contribution in [-0.2, 0) is 0 Å². The summed E-state index contributed by atoms with van der Waals surface area (Å²) >= 11 is 0. The lowest BCUT2D eigenvalue weighted by molar-refractivity contribution is -0.135. The lowest BCUT2D eigenvalue weighted by atomic mass is 10.0. The normalized spacial score (nSPS) is 13.4. The van der Waals surface area contributed by atoms with Crippen LogP contribution in [-0.4, -0.2) is 20.3 Å². The Bertz CT molecular complexity index is 357. The van der Waals surface area contributed by atoms with Crippen molar-refractivity contribution >= 4 is 5.69 Å². The Morgan fingerprint density at radius 3 is 2.17 bits per heavy atom. The van der Waals surface area contributed by atoms with Crippen LogP contribution in [0.2, 0.25) is 0 Å². The first-order valence-corrected chi connectivity index (χ1v) is 5.89. The van der Waals surface area contributed by atoms with E-state index < -0.39 is 12.6 Å². The fraction of sp³-hybridized carbons (Fsp3) is 0.538. The largest absolute Gasteiger partial charge is 0.389 e. The summed E-state index contributed by atoms with van der Waals surface area (Å²) in [6.07, 6.45) is -4.44. The molecule has 1 atom stereocenters. The third-order valence-electron chi connectivity index (χ3n) is 2.81. The second-order valence-corrected chi connectivity index (χ2v) is 4.60. The summed E-state index contributed by atoms with van der Waals surface area (Å²) in [5, 5.41) is 0. The summed E-state index contributed by atoms with van der Waals surface area (Å²) in [4.78, 5) is 1.96. The first-order chi connectivity index (χ1) is 8.29. The van der Waals surface area contributed by atoms with Gasteiger partial charge in [-0.3, -0.25) is 0 Å². The summed E-state index contributed by atoms with van der Waals surface area (Å²) in [5.74, 6) is 0. The molecule has 0 saturated heterocycles. The van der Waals surface area contributed by atoms with E-state index in [2.05, 4.69) is 0 Å². The van der Waals surface area contributed by atoms with Crippen molar-refractivity contribution in [1.82, 2.24) is 0 Å². The average Bonchev–Trinajstić information content (AvgIpc) is 2.27. The molecule has 0 radical (unpaired) electrons. The number of benzene rings is 1. The zero-order chi connectivity index (χ0) is 13.8. The molecule has 1 rings (SSSR count). The molecule has 5 heteroatoms. The molecule has 1 unspecified atom stereocenters. The highest BCUT2D eigenvalue weighted by Crippen LogP contribution is 2.26. The quantitative estimate of drug-likeness (QED) is 0.878. The van der Waals surface area contributed by atoms with Gasteiger partial charge in [-0.2, -0.15) is 13.2 Å². The van der Waals surface area contributed by atoms with Gasteiger partial charge >= 0.3 is 6.18 Å². The Kier molecular flexibility index (Phi) is 5.02. The van der Waals surface area contributed by atoms with Crippen LogP contribution in [0.25, 0.3) is 0 Å². The zero-order valence-electron chi connectivity index (χ0n) is 10.7. The second kappa shape index (κ2) is 6.09. The van der Waals surface area contributed by atoms with Crippen molar-refractivity contribution < 1.29 is 13.2 Å². The molecule has 0 aliphatic carbocycles. The highest BCUT2D eigenvalue weighted by atomic mass is 19.4. The maximum Gasteiger partial charge on any atom is 0.389 e. The SMILES string of the molecule is CN(C)c1ccc(C(N)CCCC(F)(F)F)cc1. The number of alkyl halides is 3. The molecule has 0 fully saturated rings. The number of rotatable bonds is 5. The molecule has 0 amide bonds. The molecule has 0 heterocycles. The van der Waals surface area contributed by atoms with Crippen molar-refractivity contribution in [3.8, 4) is 0 Å². The Hall–Kier alpha value is -1.23. The van der Waals surface area contributed by atoms with Gasteiger partial charge in [-0.1, -0.05) is 12.1 Å². The van der Waals surface area contributed by atoms with Crippen molar-refractivity contribution in [1.29, 1.82) is 0 Å². The second-order valence-electron chi connectivity index (χ2n) is 4.60. The minimum Gasteiger partial charge on any atom is -0.378 e. The molecule has 0 aliphatic rings. The van der Waals surface area contributed by atoms with Gasteiger partial charge in [-0.25, -0.2) is 0 Å². The average molecular weight is 260 g/mol. The summed E-state index contributed by atoms with van der Waals surface area (Å²) in [6.45, 7) is 0. The molecule has 0 bridgehead atoms. The summed E-state index contributed by atoms with van der Waals surface area (Å²) < 4.78 is 36.0. The van der Waals surface area contributed by atoms with E-state index in [-0.39, 0.29) is 12.5 Å². The van der Waals surface area contributed by atoms with Crippen molar-refractivity contribution in [3.05, 3.63) is 29.8 Å². The maximum absolute atomic E-state index is 12.0. The summed E-state index contributed by atoms with van der Waals surface area (Å²) in [7, 11) is 3.86. The molecular weight excluding hydrogens is 241 g/mol. The number of nitrogens with two attached hydrogens (primary N) is 1. The smallest absolute Gasteiger partial charge is 0.378 e. The number of hydrogen-bond acceptors (Lipinski definition) is 2. The van der Waals surface area contributed by atoms with Gasteiger partial charge in [0, 0.05) is 32.2 Å². The predicted molar refractivity (Wildman–Crippen MR) is 67.6 cm³/mol. The minimum absolute atomic E-state index is 0.0695. The van der Waals surface area contributed by atoms with E-state index in [1.165, 1.54) is 0 Å². The maximum atomic E-state index is 12.0. The number of nitrogens with zero attached hydrogens (tertiary/aromatic N) is 1. The van der Waals surface area contributed by atoms with Crippen LogP contribution >= 0.6 is 0 Å². The van der Waals surface area contributed by atoms with E-state index in [0.29, 0.717) is 6.42 Å². The van der Waals surface area contributed by atoms with E-state index in [4.69, 9.17) is 5.73 Å². The monoisotopic (exact) mass is 260 g/mol. The molecule has 102 valence electrons.